The molecule has 3 aromatic rings. The summed E-state index contributed by atoms with van der Waals surface area (Å²) in [5.41, 5.74) is -1.24. The van der Waals surface area contributed by atoms with Crippen molar-refractivity contribution in [2.75, 3.05) is 0 Å². The van der Waals surface area contributed by atoms with E-state index in [0.717, 1.165) is 22.7 Å². The van der Waals surface area contributed by atoms with Crippen molar-refractivity contribution in [1.82, 2.24) is 9.38 Å². The lowest BCUT2D eigenvalue weighted by Gasteiger charge is -2.20. The maximum atomic E-state index is 13.9. The first-order valence-electron chi connectivity index (χ1n) is 8.14. The lowest BCUT2D eigenvalue weighted by atomic mass is 9.90. The molecule has 2 N–H and O–H groups in total. The fourth-order valence-corrected chi connectivity index (χ4v) is 3.38. The summed E-state index contributed by atoms with van der Waals surface area (Å²) >= 11 is 2.95. The average molecular weight is 491 g/mol. The number of imidazole rings is 1. The van der Waals surface area contributed by atoms with Crippen LogP contribution < -0.4 is 4.74 Å². The van der Waals surface area contributed by atoms with Gasteiger partial charge in [0.15, 0.2) is 5.69 Å². The highest BCUT2D eigenvalue weighted by atomic mass is 79.9. The van der Waals surface area contributed by atoms with Gasteiger partial charge in [-0.1, -0.05) is 18.2 Å². The number of aliphatic carboxylic acids is 1. The van der Waals surface area contributed by atoms with Crippen LogP contribution in [0.5, 0.6) is 5.75 Å². The number of rotatable bonds is 6. The van der Waals surface area contributed by atoms with Crippen molar-refractivity contribution in [3.8, 4) is 5.75 Å². The molecule has 2 aromatic heterocycles. The largest absolute Gasteiger partial charge is 0.573 e. The number of hydrogen-bond acceptors (Lipinski definition) is 4. The van der Waals surface area contributed by atoms with Gasteiger partial charge >= 0.3 is 18.3 Å². The predicted molar refractivity (Wildman–Crippen MR) is 97.0 cm³/mol. The first-order valence-corrected chi connectivity index (χ1v) is 8.94. The van der Waals surface area contributed by atoms with Gasteiger partial charge in [-0.2, -0.15) is 0 Å². The second-order valence-electron chi connectivity index (χ2n) is 6.08. The van der Waals surface area contributed by atoms with E-state index in [0.29, 0.717) is 0 Å². The number of fused-ring (bicyclic) bond motifs is 1. The quantitative estimate of drug-likeness (QED) is 0.495. The van der Waals surface area contributed by atoms with Gasteiger partial charge in [0.25, 0.3) is 0 Å². The summed E-state index contributed by atoms with van der Waals surface area (Å²) < 4.78 is 57.5. The number of carboxylic acids is 2. The second-order valence-corrected chi connectivity index (χ2v) is 6.94. The highest BCUT2D eigenvalue weighted by Crippen LogP contribution is 2.39. The Morgan fingerprint density at radius 2 is 1.90 bits per heavy atom. The van der Waals surface area contributed by atoms with E-state index in [1.54, 1.807) is 0 Å². The summed E-state index contributed by atoms with van der Waals surface area (Å²) in [7, 11) is 0. The van der Waals surface area contributed by atoms with E-state index in [4.69, 9.17) is 0 Å². The van der Waals surface area contributed by atoms with Crippen LogP contribution in [-0.4, -0.2) is 37.9 Å². The van der Waals surface area contributed by atoms with Crippen molar-refractivity contribution >= 4 is 33.5 Å². The number of aromatic carboxylic acids is 1. The minimum atomic E-state index is -5.06. The lowest BCUT2D eigenvalue weighted by molar-refractivity contribution is -0.274. The van der Waals surface area contributed by atoms with Crippen LogP contribution in [0.3, 0.4) is 0 Å². The third kappa shape index (κ3) is 4.37. The molecule has 0 spiro atoms. The zero-order chi connectivity index (χ0) is 22.2. The highest BCUT2D eigenvalue weighted by molar-refractivity contribution is 9.10. The number of halogens is 5. The fraction of sp³-hybridized carbons (Fsp3) is 0.167. The van der Waals surface area contributed by atoms with E-state index in [-0.39, 0.29) is 21.4 Å². The smallest absolute Gasteiger partial charge is 0.481 e. The topological polar surface area (TPSA) is 101 Å². The summed E-state index contributed by atoms with van der Waals surface area (Å²) in [4.78, 5) is 27.1. The van der Waals surface area contributed by atoms with Crippen LogP contribution in [0.1, 0.15) is 34.1 Å². The van der Waals surface area contributed by atoms with E-state index in [1.165, 1.54) is 18.2 Å². The first-order chi connectivity index (χ1) is 14.0. The van der Waals surface area contributed by atoms with Crippen LogP contribution >= 0.6 is 15.9 Å². The standard InChI is InChI=1S/C18H11BrF4N2O5/c19-10-7-25-13(6-11(10)20)24-15(17(28)29)16(25)9(5-14(26)27)8-3-1-2-4-12(8)30-18(21,22)23/h1-4,6-7,9H,5H2,(H,26,27)(H,28,29). The molecule has 0 bridgehead atoms. The maximum Gasteiger partial charge on any atom is 0.573 e. The van der Waals surface area contributed by atoms with Gasteiger partial charge in [-0.05, 0) is 22.0 Å². The number of carboxylic acid groups (broad SMARTS) is 2. The zero-order valence-corrected chi connectivity index (χ0v) is 16.2. The first kappa shape index (κ1) is 21.6. The summed E-state index contributed by atoms with van der Waals surface area (Å²) in [5, 5.41) is 18.9. The van der Waals surface area contributed by atoms with Gasteiger partial charge in [-0.25, -0.2) is 14.2 Å². The molecule has 0 amide bonds. The minimum Gasteiger partial charge on any atom is -0.481 e. The SMILES string of the molecule is O=C(O)CC(c1ccccc1OC(F)(F)F)c1c(C(=O)O)nc2cc(F)c(Br)cn12. The Balaban J connectivity index is 2.32. The average Bonchev–Trinajstić information content (AvgIpc) is 2.97. The van der Waals surface area contributed by atoms with Crippen molar-refractivity contribution in [3.05, 3.63) is 63.8 Å². The monoisotopic (exact) mass is 490 g/mol. The molecule has 0 aliphatic carbocycles. The van der Waals surface area contributed by atoms with Crippen LogP contribution in [-0.2, 0) is 4.79 Å². The number of pyridine rings is 1. The van der Waals surface area contributed by atoms with Gasteiger partial charge in [0.2, 0.25) is 0 Å². The van der Waals surface area contributed by atoms with Crippen molar-refractivity contribution in [2.45, 2.75) is 18.7 Å². The number of alkyl halides is 3. The molecule has 12 heteroatoms. The number of para-hydroxylation sites is 1. The highest BCUT2D eigenvalue weighted by Gasteiger charge is 2.35. The third-order valence-electron chi connectivity index (χ3n) is 4.13. The Kier molecular flexibility index (Phi) is 5.70. The minimum absolute atomic E-state index is 0.0838. The van der Waals surface area contributed by atoms with E-state index in [2.05, 4.69) is 25.7 Å². The number of aromatic nitrogens is 2. The van der Waals surface area contributed by atoms with Crippen molar-refractivity contribution in [3.63, 3.8) is 0 Å². The van der Waals surface area contributed by atoms with Crippen molar-refractivity contribution in [2.24, 2.45) is 0 Å². The molecule has 3 rings (SSSR count). The number of carbonyl (C=O) groups is 2. The molecular weight excluding hydrogens is 480 g/mol. The van der Waals surface area contributed by atoms with Crippen LogP contribution in [0, 0.1) is 5.82 Å². The molecule has 2 heterocycles. The molecule has 158 valence electrons. The molecule has 1 unspecified atom stereocenters. The molecular formula is C18H11BrF4N2O5. The Hall–Kier alpha value is -3.15. The molecule has 7 nitrogen and oxygen atoms in total. The Morgan fingerprint density at radius 3 is 2.50 bits per heavy atom. The van der Waals surface area contributed by atoms with Gasteiger partial charge < -0.3 is 19.4 Å². The molecule has 1 aromatic carbocycles. The molecule has 0 aliphatic rings. The number of nitrogens with zero attached hydrogens (tertiary/aromatic N) is 2. The summed E-state index contributed by atoms with van der Waals surface area (Å²) in [6.07, 6.45) is -4.71. The molecule has 0 saturated carbocycles. The molecule has 30 heavy (non-hydrogen) atoms. The molecule has 1 atom stereocenters. The molecule has 0 fully saturated rings. The van der Waals surface area contributed by atoms with E-state index < -0.39 is 47.9 Å². The van der Waals surface area contributed by atoms with Crippen molar-refractivity contribution < 1.29 is 42.1 Å². The summed E-state index contributed by atoms with van der Waals surface area (Å²) in [6, 6.07) is 5.69. The van der Waals surface area contributed by atoms with Gasteiger partial charge in [-0.3, -0.25) is 4.79 Å². The number of benzene rings is 1. The second kappa shape index (κ2) is 7.94. The van der Waals surface area contributed by atoms with E-state index in [9.17, 15) is 37.4 Å². The molecule has 0 saturated heterocycles. The van der Waals surface area contributed by atoms with Crippen molar-refractivity contribution in [1.29, 1.82) is 0 Å². The summed E-state index contributed by atoms with van der Waals surface area (Å²) in [6.45, 7) is 0. The van der Waals surface area contributed by atoms with Crippen LogP contribution in [0.2, 0.25) is 0 Å². The number of ether oxygens (including phenoxy) is 1. The molecule has 0 radical (unpaired) electrons. The van der Waals surface area contributed by atoms with Gasteiger partial charge in [0.1, 0.15) is 17.2 Å². The fourth-order valence-electron chi connectivity index (χ4n) is 3.06. The Morgan fingerprint density at radius 1 is 1.23 bits per heavy atom. The Labute approximate surface area is 173 Å². The number of hydrogen-bond donors (Lipinski definition) is 2. The van der Waals surface area contributed by atoms with Crippen LogP contribution in [0.25, 0.3) is 5.65 Å². The maximum absolute atomic E-state index is 13.9. The van der Waals surface area contributed by atoms with E-state index >= 15 is 0 Å². The lowest BCUT2D eigenvalue weighted by Crippen LogP contribution is -2.20. The molecule has 0 aliphatic heterocycles. The zero-order valence-electron chi connectivity index (χ0n) is 14.7. The van der Waals surface area contributed by atoms with Crippen LogP contribution in [0.15, 0.2) is 41.0 Å². The predicted octanol–water partition coefficient (Wildman–Crippen LogP) is 4.44. The normalized spacial score (nSPS) is 12.7. The summed E-state index contributed by atoms with van der Waals surface area (Å²) in [5.74, 6) is -5.82. The van der Waals surface area contributed by atoms with Gasteiger partial charge in [-0.15, -0.1) is 13.2 Å². The van der Waals surface area contributed by atoms with Gasteiger partial charge in [0.05, 0.1) is 16.6 Å². The van der Waals surface area contributed by atoms with Crippen LogP contribution in [0.4, 0.5) is 17.6 Å². The Bertz CT molecular complexity index is 1150. The van der Waals surface area contributed by atoms with E-state index in [1.807, 2.05) is 0 Å². The third-order valence-corrected chi connectivity index (χ3v) is 4.72. The van der Waals surface area contributed by atoms with Gasteiger partial charge in [0, 0.05) is 23.7 Å².